The van der Waals surface area contributed by atoms with Crippen LogP contribution in [0.5, 0.6) is 5.75 Å². The second-order valence-corrected chi connectivity index (χ2v) is 6.01. The molecule has 0 saturated heterocycles. The van der Waals surface area contributed by atoms with E-state index >= 15 is 0 Å². The van der Waals surface area contributed by atoms with Gasteiger partial charge in [0.15, 0.2) is 0 Å². The molecule has 3 aromatic rings. The average Bonchev–Trinajstić information content (AvgIpc) is 2.85. The Morgan fingerprint density at radius 2 is 2.10 bits per heavy atom. The predicted molar refractivity (Wildman–Crippen MR) is 86.6 cm³/mol. The highest BCUT2D eigenvalue weighted by Gasteiger charge is 2.02. The van der Waals surface area contributed by atoms with Crippen LogP contribution in [0.15, 0.2) is 52.0 Å². The number of thiazole rings is 1. The lowest BCUT2D eigenvalue weighted by Crippen LogP contribution is -1.90. The lowest BCUT2D eigenvalue weighted by molar-refractivity contribution is 0.474. The smallest absolute Gasteiger partial charge is 0.204 e. The van der Waals surface area contributed by atoms with Gasteiger partial charge in [-0.1, -0.05) is 39.4 Å². The van der Waals surface area contributed by atoms with E-state index in [0.717, 1.165) is 19.8 Å². The lowest BCUT2D eigenvalue weighted by atomic mass is 10.2. The molecule has 20 heavy (non-hydrogen) atoms. The first-order valence-corrected chi connectivity index (χ1v) is 7.46. The Labute approximate surface area is 127 Å². The first-order chi connectivity index (χ1) is 9.72. The van der Waals surface area contributed by atoms with Crippen molar-refractivity contribution in [1.82, 2.24) is 4.98 Å². The van der Waals surface area contributed by atoms with E-state index in [4.69, 9.17) is 0 Å². The topological polar surface area (TPSA) is 57.5 Å². The molecule has 2 aromatic carbocycles. The fraction of sp³-hybridized carbons (Fsp3) is 0. The minimum Gasteiger partial charge on any atom is -0.507 e. The van der Waals surface area contributed by atoms with Gasteiger partial charge in [0.1, 0.15) is 5.75 Å². The molecule has 6 heteroatoms. The van der Waals surface area contributed by atoms with Gasteiger partial charge in [0, 0.05) is 10.0 Å². The number of halogens is 1. The zero-order chi connectivity index (χ0) is 13.9. The van der Waals surface area contributed by atoms with Crippen molar-refractivity contribution in [2.45, 2.75) is 0 Å². The fourth-order valence-corrected chi connectivity index (χ4v) is 2.90. The zero-order valence-electron chi connectivity index (χ0n) is 10.2. The molecular formula is C14H10BrN3OS. The van der Waals surface area contributed by atoms with Gasteiger partial charge in [0.25, 0.3) is 0 Å². The summed E-state index contributed by atoms with van der Waals surface area (Å²) in [6, 6.07) is 13.1. The largest absolute Gasteiger partial charge is 0.507 e. The van der Waals surface area contributed by atoms with E-state index in [-0.39, 0.29) is 5.75 Å². The summed E-state index contributed by atoms with van der Waals surface area (Å²) in [6.45, 7) is 0. The molecule has 0 aliphatic heterocycles. The molecule has 4 nitrogen and oxygen atoms in total. The second kappa shape index (κ2) is 5.60. The molecule has 0 aliphatic rings. The van der Waals surface area contributed by atoms with Gasteiger partial charge in [-0.15, -0.1) is 0 Å². The standard InChI is InChI=1S/C14H10BrN3OS/c15-10-5-6-12(19)9(7-10)8-16-18-14-17-11-3-1-2-4-13(11)20-14/h1-8,19H,(H,17,18)/b16-8-. The maximum Gasteiger partial charge on any atom is 0.204 e. The molecule has 2 N–H and O–H groups in total. The minimum atomic E-state index is 0.183. The van der Waals surface area contributed by atoms with Crippen molar-refractivity contribution < 1.29 is 5.11 Å². The highest BCUT2D eigenvalue weighted by Crippen LogP contribution is 2.25. The average molecular weight is 348 g/mol. The summed E-state index contributed by atoms with van der Waals surface area (Å²) in [5.41, 5.74) is 4.46. The third-order valence-electron chi connectivity index (χ3n) is 2.65. The third-order valence-corrected chi connectivity index (χ3v) is 4.08. The van der Waals surface area contributed by atoms with Crippen LogP contribution in [0.4, 0.5) is 5.13 Å². The normalized spacial score (nSPS) is 11.2. The number of hydrogen-bond acceptors (Lipinski definition) is 5. The van der Waals surface area contributed by atoms with Crippen molar-refractivity contribution in [3.63, 3.8) is 0 Å². The highest BCUT2D eigenvalue weighted by molar-refractivity contribution is 9.10. The Hall–Kier alpha value is -1.92. The van der Waals surface area contributed by atoms with E-state index in [1.165, 1.54) is 11.3 Å². The Kier molecular flexibility index (Phi) is 3.66. The van der Waals surface area contributed by atoms with E-state index < -0.39 is 0 Å². The third kappa shape index (κ3) is 2.81. The molecule has 0 atom stereocenters. The van der Waals surface area contributed by atoms with Crippen molar-refractivity contribution in [1.29, 1.82) is 0 Å². The van der Waals surface area contributed by atoms with Crippen LogP contribution in [-0.4, -0.2) is 16.3 Å². The number of hydrogen-bond donors (Lipinski definition) is 2. The molecular weight excluding hydrogens is 338 g/mol. The van der Waals surface area contributed by atoms with E-state index in [2.05, 4.69) is 31.4 Å². The molecule has 0 radical (unpaired) electrons. The molecule has 1 aromatic heterocycles. The van der Waals surface area contributed by atoms with Crippen molar-refractivity contribution >= 4 is 48.8 Å². The monoisotopic (exact) mass is 347 g/mol. The number of fused-ring (bicyclic) bond motifs is 1. The molecule has 100 valence electrons. The van der Waals surface area contributed by atoms with Gasteiger partial charge >= 0.3 is 0 Å². The van der Waals surface area contributed by atoms with Crippen LogP contribution in [-0.2, 0) is 0 Å². The fourth-order valence-electron chi connectivity index (χ4n) is 1.71. The molecule has 0 spiro atoms. The number of aromatic nitrogens is 1. The van der Waals surface area contributed by atoms with Crippen LogP contribution < -0.4 is 5.43 Å². The van der Waals surface area contributed by atoms with Crippen LogP contribution in [0.3, 0.4) is 0 Å². The summed E-state index contributed by atoms with van der Waals surface area (Å²) < 4.78 is 1.99. The number of benzene rings is 2. The quantitative estimate of drug-likeness (QED) is 0.551. The molecule has 3 rings (SSSR count). The summed E-state index contributed by atoms with van der Waals surface area (Å²) in [5.74, 6) is 0.183. The molecule has 1 heterocycles. The van der Waals surface area contributed by atoms with E-state index in [0.29, 0.717) is 5.56 Å². The Balaban J connectivity index is 1.78. The molecule has 0 fully saturated rings. The van der Waals surface area contributed by atoms with Gasteiger partial charge in [-0.05, 0) is 30.3 Å². The Morgan fingerprint density at radius 3 is 2.95 bits per heavy atom. The summed E-state index contributed by atoms with van der Waals surface area (Å²) in [5, 5.41) is 14.5. The summed E-state index contributed by atoms with van der Waals surface area (Å²) >= 11 is 4.88. The predicted octanol–water partition coefficient (Wildman–Crippen LogP) is 4.21. The number of hydrazone groups is 1. The number of nitrogens with one attached hydrogen (secondary N) is 1. The van der Waals surface area contributed by atoms with Gasteiger partial charge in [-0.3, -0.25) is 5.43 Å². The zero-order valence-corrected chi connectivity index (χ0v) is 12.6. The Morgan fingerprint density at radius 1 is 1.25 bits per heavy atom. The Bertz CT molecular complexity index is 752. The maximum absolute atomic E-state index is 9.69. The van der Waals surface area contributed by atoms with Gasteiger partial charge in [-0.2, -0.15) is 5.10 Å². The number of phenols is 1. The molecule has 0 bridgehead atoms. The first kappa shape index (κ1) is 13.1. The minimum absolute atomic E-state index is 0.183. The first-order valence-electron chi connectivity index (χ1n) is 5.85. The number of rotatable bonds is 3. The van der Waals surface area contributed by atoms with E-state index in [9.17, 15) is 5.11 Å². The van der Waals surface area contributed by atoms with Crippen molar-refractivity contribution in [3.05, 3.63) is 52.5 Å². The van der Waals surface area contributed by atoms with Crippen LogP contribution in [0.1, 0.15) is 5.56 Å². The van der Waals surface area contributed by atoms with Crippen LogP contribution in [0.25, 0.3) is 10.2 Å². The highest BCUT2D eigenvalue weighted by atomic mass is 79.9. The van der Waals surface area contributed by atoms with Gasteiger partial charge in [0.05, 0.1) is 16.4 Å². The van der Waals surface area contributed by atoms with Crippen molar-refractivity contribution in [2.75, 3.05) is 5.43 Å². The van der Waals surface area contributed by atoms with E-state index in [1.807, 2.05) is 24.3 Å². The van der Waals surface area contributed by atoms with Crippen LogP contribution in [0.2, 0.25) is 0 Å². The summed E-state index contributed by atoms with van der Waals surface area (Å²) in [4.78, 5) is 4.41. The van der Waals surface area contributed by atoms with Crippen molar-refractivity contribution in [3.8, 4) is 5.75 Å². The summed E-state index contributed by atoms with van der Waals surface area (Å²) in [6.07, 6.45) is 1.56. The van der Waals surface area contributed by atoms with Gasteiger partial charge in [-0.25, -0.2) is 4.98 Å². The summed E-state index contributed by atoms with van der Waals surface area (Å²) in [7, 11) is 0. The molecule has 0 unspecified atom stereocenters. The SMILES string of the molecule is Oc1ccc(Br)cc1/C=N\Nc1nc2ccccc2s1. The van der Waals surface area contributed by atoms with Gasteiger partial charge in [0.2, 0.25) is 5.13 Å². The number of para-hydroxylation sites is 1. The number of nitrogens with zero attached hydrogens (tertiary/aromatic N) is 2. The number of phenolic OH excluding ortho intramolecular Hbond substituents is 1. The van der Waals surface area contributed by atoms with Crippen molar-refractivity contribution in [2.24, 2.45) is 5.10 Å². The molecule has 0 amide bonds. The molecule has 0 aliphatic carbocycles. The van der Waals surface area contributed by atoms with E-state index in [1.54, 1.807) is 24.4 Å². The second-order valence-electron chi connectivity index (χ2n) is 4.06. The lowest BCUT2D eigenvalue weighted by Gasteiger charge is -1.99. The van der Waals surface area contributed by atoms with Gasteiger partial charge < -0.3 is 5.11 Å². The molecule has 0 saturated carbocycles. The number of anilines is 1. The number of aromatic hydroxyl groups is 1. The van der Waals surface area contributed by atoms with Crippen LogP contribution in [0, 0.1) is 0 Å². The van der Waals surface area contributed by atoms with Crippen LogP contribution >= 0.6 is 27.3 Å². The maximum atomic E-state index is 9.69.